The third-order valence-electron chi connectivity index (χ3n) is 0.948. The van der Waals surface area contributed by atoms with Crippen molar-refractivity contribution in [1.82, 2.24) is 0 Å². The third-order valence-corrected chi connectivity index (χ3v) is 3.18. The summed E-state index contributed by atoms with van der Waals surface area (Å²) in [6, 6.07) is 0. The molecule has 0 aromatic carbocycles. The van der Waals surface area contributed by atoms with Gasteiger partial charge in [-0.25, -0.2) is 4.58 Å². The molecule has 3 heteroatoms. The third kappa shape index (κ3) is 1.19. The molecular formula is C4H7BrNS+. The van der Waals surface area contributed by atoms with Crippen molar-refractivity contribution in [3.8, 4) is 0 Å². The smallest absolute Gasteiger partial charge is 0.220 e. The van der Waals surface area contributed by atoms with Gasteiger partial charge in [0.25, 0.3) is 3.95 Å². The molecule has 7 heavy (non-hydrogen) atoms. The van der Waals surface area contributed by atoms with Crippen molar-refractivity contribution in [2.75, 3.05) is 19.3 Å². The Kier molecular flexibility index (Phi) is 1.75. The Morgan fingerprint density at radius 2 is 2.57 bits per heavy atom. The van der Waals surface area contributed by atoms with Gasteiger partial charge in [-0.15, -0.1) is 0 Å². The molecule has 1 aliphatic rings. The second kappa shape index (κ2) is 2.18. The molecule has 1 aliphatic heterocycles. The van der Waals surface area contributed by atoms with E-state index >= 15 is 0 Å². The summed E-state index contributed by atoms with van der Waals surface area (Å²) in [5.74, 6) is 1.23. The first-order valence-electron chi connectivity index (χ1n) is 2.17. The molecule has 0 N–H and O–H groups in total. The minimum absolute atomic E-state index is 1.19. The van der Waals surface area contributed by atoms with Crippen molar-refractivity contribution in [3.05, 3.63) is 0 Å². The zero-order valence-electron chi connectivity index (χ0n) is 4.15. The Morgan fingerprint density at radius 3 is 2.71 bits per heavy atom. The first-order valence-corrected chi connectivity index (χ1v) is 3.95. The second-order valence-corrected chi connectivity index (χ2v) is 3.88. The van der Waals surface area contributed by atoms with Crippen LogP contribution in [0.1, 0.15) is 0 Å². The summed E-state index contributed by atoms with van der Waals surface area (Å²) >= 11 is 5.27. The largest absolute Gasteiger partial charge is 0.277 e. The molecule has 0 saturated heterocycles. The zero-order chi connectivity index (χ0) is 5.28. The van der Waals surface area contributed by atoms with Crippen LogP contribution in [0.4, 0.5) is 0 Å². The van der Waals surface area contributed by atoms with Crippen molar-refractivity contribution < 1.29 is 4.58 Å². The normalized spacial score (nSPS) is 21.4. The lowest BCUT2D eigenvalue weighted by Crippen LogP contribution is -2.03. The number of hydrogen-bond donors (Lipinski definition) is 0. The van der Waals surface area contributed by atoms with Gasteiger partial charge in [-0.1, -0.05) is 0 Å². The fraction of sp³-hybridized carbons (Fsp3) is 0.750. The zero-order valence-corrected chi connectivity index (χ0v) is 6.55. The van der Waals surface area contributed by atoms with Crippen LogP contribution in [0.25, 0.3) is 0 Å². The minimum Gasteiger partial charge on any atom is -0.220 e. The van der Waals surface area contributed by atoms with Crippen molar-refractivity contribution in [1.29, 1.82) is 0 Å². The summed E-state index contributed by atoms with van der Waals surface area (Å²) in [7, 11) is 2.09. The van der Waals surface area contributed by atoms with E-state index in [2.05, 4.69) is 27.6 Å². The molecule has 0 radical (unpaired) electrons. The van der Waals surface area contributed by atoms with Crippen LogP contribution in [-0.2, 0) is 0 Å². The van der Waals surface area contributed by atoms with Crippen LogP contribution in [0.2, 0.25) is 0 Å². The van der Waals surface area contributed by atoms with E-state index < -0.39 is 0 Å². The van der Waals surface area contributed by atoms with Crippen molar-refractivity contribution in [2.24, 2.45) is 0 Å². The number of rotatable bonds is 0. The molecule has 0 aromatic heterocycles. The SMILES string of the molecule is C[N+]1=C(Br)SCC1. The molecule has 0 unspecified atom stereocenters. The maximum absolute atomic E-state index is 3.41. The summed E-state index contributed by atoms with van der Waals surface area (Å²) in [6.45, 7) is 1.19. The van der Waals surface area contributed by atoms with E-state index in [1.807, 2.05) is 11.8 Å². The van der Waals surface area contributed by atoms with Crippen LogP contribution in [0.15, 0.2) is 0 Å². The Morgan fingerprint density at radius 1 is 1.86 bits per heavy atom. The van der Waals surface area contributed by atoms with Crippen molar-refractivity contribution in [3.63, 3.8) is 0 Å². The molecule has 0 atom stereocenters. The van der Waals surface area contributed by atoms with E-state index in [0.29, 0.717) is 0 Å². The van der Waals surface area contributed by atoms with Gasteiger partial charge in [-0.3, -0.25) is 0 Å². The maximum Gasteiger partial charge on any atom is 0.277 e. The molecule has 0 aromatic rings. The minimum atomic E-state index is 1.19. The number of hydrogen-bond acceptors (Lipinski definition) is 1. The lowest BCUT2D eigenvalue weighted by Gasteiger charge is -1.79. The average Bonchev–Trinajstić information content (AvgIpc) is 1.91. The molecule has 0 fully saturated rings. The van der Waals surface area contributed by atoms with E-state index in [4.69, 9.17) is 0 Å². The van der Waals surface area contributed by atoms with Crippen LogP contribution in [0, 0.1) is 0 Å². The van der Waals surface area contributed by atoms with E-state index in [1.54, 1.807) is 0 Å². The molecule has 0 aliphatic carbocycles. The summed E-state index contributed by atoms with van der Waals surface area (Å²) in [5, 5.41) is 0. The maximum atomic E-state index is 3.41. The Balaban J connectivity index is 2.64. The predicted molar refractivity (Wildman–Crippen MR) is 37.4 cm³/mol. The highest BCUT2D eigenvalue weighted by Crippen LogP contribution is 2.14. The topological polar surface area (TPSA) is 3.01 Å². The standard InChI is InChI=1S/C4H7BrNS/c1-6-2-3-7-4(6)5/h2-3H2,1H3/q+1. The van der Waals surface area contributed by atoms with Crippen LogP contribution in [-0.4, -0.2) is 27.9 Å². The summed E-state index contributed by atoms with van der Waals surface area (Å²) in [5.41, 5.74) is 0. The highest BCUT2D eigenvalue weighted by Gasteiger charge is 2.14. The highest BCUT2D eigenvalue weighted by molar-refractivity contribution is 9.22. The van der Waals surface area contributed by atoms with Crippen LogP contribution < -0.4 is 0 Å². The quantitative estimate of drug-likeness (QED) is 0.506. The van der Waals surface area contributed by atoms with Gasteiger partial charge in [0.15, 0.2) is 6.54 Å². The number of thioether (sulfide) groups is 1. The summed E-state index contributed by atoms with van der Waals surface area (Å²) in [6.07, 6.45) is 0. The predicted octanol–water partition coefficient (Wildman–Crippen LogP) is 1.13. The first kappa shape index (κ1) is 5.63. The second-order valence-electron chi connectivity index (χ2n) is 1.52. The molecule has 0 spiro atoms. The van der Waals surface area contributed by atoms with Crippen molar-refractivity contribution >= 4 is 31.6 Å². The first-order chi connectivity index (χ1) is 3.30. The molecule has 0 amide bonds. The molecule has 0 bridgehead atoms. The van der Waals surface area contributed by atoms with Gasteiger partial charge >= 0.3 is 0 Å². The lowest BCUT2D eigenvalue weighted by atomic mass is 10.7. The molecule has 40 valence electrons. The molecule has 1 nitrogen and oxygen atoms in total. The molecule has 1 heterocycles. The van der Waals surface area contributed by atoms with Gasteiger partial charge in [0.05, 0.1) is 5.75 Å². The van der Waals surface area contributed by atoms with E-state index in [-0.39, 0.29) is 0 Å². The van der Waals surface area contributed by atoms with Crippen LogP contribution in [0.3, 0.4) is 0 Å². The van der Waals surface area contributed by atoms with Gasteiger partial charge < -0.3 is 0 Å². The number of halogens is 1. The Bertz CT molecular complexity index is 98.3. The van der Waals surface area contributed by atoms with Crippen LogP contribution in [0.5, 0.6) is 0 Å². The van der Waals surface area contributed by atoms with Gasteiger partial charge in [0, 0.05) is 15.9 Å². The van der Waals surface area contributed by atoms with Gasteiger partial charge in [-0.2, -0.15) is 0 Å². The van der Waals surface area contributed by atoms with E-state index in [9.17, 15) is 0 Å². The summed E-state index contributed by atoms with van der Waals surface area (Å²) in [4.78, 5) is 0. The Labute approximate surface area is 55.9 Å². The number of nitrogens with zero attached hydrogens (tertiary/aromatic N) is 1. The van der Waals surface area contributed by atoms with E-state index in [1.165, 1.54) is 16.3 Å². The fourth-order valence-corrected chi connectivity index (χ4v) is 1.97. The summed E-state index contributed by atoms with van der Waals surface area (Å²) < 4.78 is 3.47. The van der Waals surface area contributed by atoms with Gasteiger partial charge in [0.1, 0.15) is 7.05 Å². The highest BCUT2D eigenvalue weighted by atomic mass is 79.9. The Hall–Kier alpha value is 0.500. The lowest BCUT2D eigenvalue weighted by molar-refractivity contribution is -0.483. The average molecular weight is 181 g/mol. The van der Waals surface area contributed by atoms with Crippen molar-refractivity contribution in [2.45, 2.75) is 0 Å². The van der Waals surface area contributed by atoms with Crippen LogP contribution >= 0.6 is 27.7 Å². The monoisotopic (exact) mass is 180 g/mol. The van der Waals surface area contributed by atoms with E-state index in [0.717, 1.165) is 0 Å². The molecular weight excluding hydrogens is 174 g/mol. The molecule has 0 saturated carbocycles. The molecule has 1 rings (SSSR count). The van der Waals surface area contributed by atoms with Gasteiger partial charge in [-0.05, 0) is 11.8 Å². The fourth-order valence-electron chi connectivity index (χ4n) is 0.465. The van der Waals surface area contributed by atoms with Gasteiger partial charge in [0.2, 0.25) is 0 Å².